The Labute approximate surface area is 114 Å². The molecule has 0 unspecified atom stereocenters. The lowest BCUT2D eigenvalue weighted by Gasteiger charge is -2.26. The van der Waals surface area contributed by atoms with E-state index < -0.39 is 11.7 Å². The maximum absolute atomic E-state index is 13.5. The van der Waals surface area contributed by atoms with Crippen LogP contribution >= 0.6 is 15.9 Å². The Morgan fingerprint density at radius 1 is 1.50 bits per heavy atom. The van der Waals surface area contributed by atoms with E-state index in [4.69, 9.17) is 11.5 Å². The van der Waals surface area contributed by atoms with Gasteiger partial charge in [0.25, 0.3) is 0 Å². The van der Waals surface area contributed by atoms with Gasteiger partial charge in [-0.25, -0.2) is 4.39 Å². The fourth-order valence-electron chi connectivity index (χ4n) is 1.70. The second-order valence-electron chi connectivity index (χ2n) is 4.57. The number of halogens is 2. The molecule has 18 heavy (non-hydrogen) atoms. The first kappa shape index (κ1) is 14.8. The molecule has 0 fully saturated rings. The van der Waals surface area contributed by atoms with Gasteiger partial charge in [0.05, 0.1) is 22.4 Å². The summed E-state index contributed by atoms with van der Waals surface area (Å²) in [5.41, 5.74) is 11.9. The van der Waals surface area contributed by atoms with Gasteiger partial charge in [-0.3, -0.25) is 4.79 Å². The number of nitrogen functional groups attached to an aromatic ring is 1. The SMILES string of the molecule is CC(C)CN(CC(N)=O)c1cc(F)c(Br)cc1N. The number of carbonyl (C=O) groups is 1. The first-order valence-corrected chi connectivity index (χ1v) is 6.38. The van der Waals surface area contributed by atoms with Gasteiger partial charge in [-0.2, -0.15) is 0 Å². The van der Waals surface area contributed by atoms with Gasteiger partial charge in [0.2, 0.25) is 5.91 Å². The van der Waals surface area contributed by atoms with Crippen LogP contribution in [0.3, 0.4) is 0 Å². The van der Waals surface area contributed by atoms with Gasteiger partial charge < -0.3 is 16.4 Å². The molecule has 1 amide bonds. The van der Waals surface area contributed by atoms with Gasteiger partial charge in [-0.15, -0.1) is 0 Å². The van der Waals surface area contributed by atoms with Crippen LogP contribution in [0.1, 0.15) is 13.8 Å². The predicted molar refractivity (Wildman–Crippen MR) is 74.8 cm³/mol. The standard InChI is InChI=1S/C12H17BrFN3O/c1-7(2)5-17(6-12(16)18)11-4-9(14)8(13)3-10(11)15/h3-4,7H,5-6,15H2,1-2H3,(H2,16,18). The zero-order chi connectivity index (χ0) is 13.9. The van der Waals surface area contributed by atoms with E-state index in [2.05, 4.69) is 15.9 Å². The number of anilines is 2. The predicted octanol–water partition coefficient (Wildman–Crippen LogP) is 2.12. The monoisotopic (exact) mass is 317 g/mol. The Kier molecular flexibility index (Phi) is 4.95. The summed E-state index contributed by atoms with van der Waals surface area (Å²) in [4.78, 5) is 12.8. The van der Waals surface area contributed by atoms with Crippen molar-refractivity contribution >= 4 is 33.2 Å². The van der Waals surface area contributed by atoms with E-state index >= 15 is 0 Å². The molecule has 0 aliphatic rings. The molecule has 0 spiro atoms. The van der Waals surface area contributed by atoms with E-state index in [9.17, 15) is 9.18 Å². The molecule has 0 heterocycles. The number of hydrogen-bond donors (Lipinski definition) is 2. The van der Waals surface area contributed by atoms with Crippen LogP contribution in [0, 0.1) is 11.7 Å². The van der Waals surface area contributed by atoms with Crippen molar-refractivity contribution in [1.82, 2.24) is 0 Å². The molecule has 100 valence electrons. The lowest BCUT2D eigenvalue weighted by atomic mass is 10.1. The molecule has 4 N–H and O–H groups in total. The minimum atomic E-state index is -0.474. The Morgan fingerprint density at radius 2 is 2.11 bits per heavy atom. The highest BCUT2D eigenvalue weighted by atomic mass is 79.9. The van der Waals surface area contributed by atoms with Crippen LogP contribution in [0.25, 0.3) is 0 Å². The molecule has 0 atom stereocenters. The third-order valence-electron chi connectivity index (χ3n) is 2.34. The number of amides is 1. The van der Waals surface area contributed by atoms with Crippen molar-refractivity contribution in [2.24, 2.45) is 11.7 Å². The van der Waals surface area contributed by atoms with Crippen LogP contribution in [-0.2, 0) is 4.79 Å². The van der Waals surface area contributed by atoms with Crippen molar-refractivity contribution < 1.29 is 9.18 Å². The van der Waals surface area contributed by atoms with E-state index in [1.54, 1.807) is 4.90 Å². The Hall–Kier alpha value is -1.30. The molecule has 1 aromatic carbocycles. The Balaban J connectivity index is 3.11. The van der Waals surface area contributed by atoms with Gasteiger partial charge in [0.15, 0.2) is 0 Å². The Bertz CT molecular complexity index is 451. The summed E-state index contributed by atoms with van der Waals surface area (Å²) in [5.74, 6) is -0.591. The molecule has 0 bridgehead atoms. The fraction of sp³-hybridized carbons (Fsp3) is 0.417. The molecule has 6 heteroatoms. The van der Waals surface area contributed by atoms with Crippen molar-refractivity contribution in [2.75, 3.05) is 23.7 Å². The highest BCUT2D eigenvalue weighted by Crippen LogP contribution is 2.29. The quantitative estimate of drug-likeness (QED) is 0.817. The number of nitrogens with zero attached hydrogens (tertiary/aromatic N) is 1. The maximum atomic E-state index is 13.5. The van der Waals surface area contributed by atoms with Crippen LogP contribution < -0.4 is 16.4 Å². The first-order valence-electron chi connectivity index (χ1n) is 5.59. The normalized spacial score (nSPS) is 10.7. The van der Waals surface area contributed by atoms with Crippen molar-refractivity contribution in [1.29, 1.82) is 0 Å². The Morgan fingerprint density at radius 3 is 2.61 bits per heavy atom. The van der Waals surface area contributed by atoms with E-state index in [1.165, 1.54) is 12.1 Å². The number of nitrogens with two attached hydrogens (primary N) is 2. The van der Waals surface area contributed by atoms with Crippen LogP contribution in [0.4, 0.5) is 15.8 Å². The van der Waals surface area contributed by atoms with E-state index in [0.717, 1.165) is 0 Å². The molecular weight excluding hydrogens is 301 g/mol. The lowest BCUT2D eigenvalue weighted by molar-refractivity contribution is -0.116. The summed E-state index contributed by atoms with van der Waals surface area (Å²) in [7, 11) is 0. The average Bonchev–Trinajstić information content (AvgIpc) is 2.21. The van der Waals surface area contributed by atoms with Gasteiger partial charge in [-0.05, 0) is 27.9 Å². The molecule has 4 nitrogen and oxygen atoms in total. The number of hydrogen-bond acceptors (Lipinski definition) is 3. The molecule has 0 saturated heterocycles. The average molecular weight is 318 g/mol. The van der Waals surface area contributed by atoms with E-state index in [-0.39, 0.29) is 6.54 Å². The van der Waals surface area contributed by atoms with Gasteiger partial charge in [-0.1, -0.05) is 13.8 Å². The first-order chi connectivity index (χ1) is 8.31. The minimum absolute atomic E-state index is 0.0173. The molecule has 0 saturated carbocycles. The van der Waals surface area contributed by atoms with Crippen molar-refractivity contribution in [3.63, 3.8) is 0 Å². The van der Waals surface area contributed by atoms with Crippen LogP contribution in [0.5, 0.6) is 0 Å². The smallest absolute Gasteiger partial charge is 0.236 e. The van der Waals surface area contributed by atoms with Crippen LogP contribution in [0.2, 0.25) is 0 Å². The van der Waals surface area contributed by atoms with Gasteiger partial charge >= 0.3 is 0 Å². The van der Waals surface area contributed by atoms with Crippen LogP contribution in [-0.4, -0.2) is 19.0 Å². The molecule has 0 aliphatic carbocycles. The molecule has 0 aromatic heterocycles. The molecule has 1 rings (SSSR count). The second-order valence-corrected chi connectivity index (χ2v) is 5.42. The van der Waals surface area contributed by atoms with Crippen LogP contribution in [0.15, 0.2) is 16.6 Å². The lowest BCUT2D eigenvalue weighted by Crippen LogP contribution is -2.36. The highest BCUT2D eigenvalue weighted by Gasteiger charge is 2.16. The molecule has 0 radical (unpaired) electrons. The summed E-state index contributed by atoms with van der Waals surface area (Å²) in [6.45, 7) is 4.59. The third kappa shape index (κ3) is 3.87. The highest BCUT2D eigenvalue weighted by molar-refractivity contribution is 9.10. The number of carbonyl (C=O) groups excluding carboxylic acids is 1. The number of primary amides is 1. The summed E-state index contributed by atoms with van der Waals surface area (Å²) in [6.07, 6.45) is 0. The molecule has 1 aromatic rings. The zero-order valence-corrected chi connectivity index (χ0v) is 12.0. The second kappa shape index (κ2) is 6.04. The fourth-order valence-corrected chi connectivity index (χ4v) is 2.06. The number of benzene rings is 1. The number of rotatable bonds is 5. The maximum Gasteiger partial charge on any atom is 0.236 e. The summed E-state index contributed by atoms with van der Waals surface area (Å²) >= 11 is 3.07. The summed E-state index contributed by atoms with van der Waals surface area (Å²) < 4.78 is 13.8. The topological polar surface area (TPSA) is 72.3 Å². The van der Waals surface area contributed by atoms with Crippen molar-refractivity contribution in [3.8, 4) is 0 Å². The largest absolute Gasteiger partial charge is 0.397 e. The summed E-state index contributed by atoms with van der Waals surface area (Å²) in [6, 6.07) is 2.80. The van der Waals surface area contributed by atoms with Gasteiger partial charge in [0.1, 0.15) is 5.82 Å². The van der Waals surface area contributed by atoms with Gasteiger partial charge in [0, 0.05) is 12.6 Å². The minimum Gasteiger partial charge on any atom is -0.397 e. The van der Waals surface area contributed by atoms with E-state index in [0.29, 0.717) is 28.3 Å². The third-order valence-corrected chi connectivity index (χ3v) is 2.95. The van der Waals surface area contributed by atoms with E-state index in [1.807, 2.05) is 13.8 Å². The molecular formula is C12H17BrFN3O. The zero-order valence-electron chi connectivity index (χ0n) is 10.4. The molecule has 0 aliphatic heterocycles. The van der Waals surface area contributed by atoms with Crippen molar-refractivity contribution in [3.05, 3.63) is 22.4 Å². The summed E-state index contributed by atoms with van der Waals surface area (Å²) in [5, 5.41) is 0. The van der Waals surface area contributed by atoms with Crippen molar-refractivity contribution in [2.45, 2.75) is 13.8 Å².